The number of rotatable bonds is 11. The number of carbonyl (C=O) groups excluding carboxylic acids is 1. The van der Waals surface area contributed by atoms with Crippen molar-refractivity contribution >= 4 is 17.6 Å². The van der Waals surface area contributed by atoms with Crippen molar-refractivity contribution in [3.05, 3.63) is 4.91 Å². The van der Waals surface area contributed by atoms with Gasteiger partial charge >= 0.3 is 6.03 Å². The van der Waals surface area contributed by atoms with E-state index in [9.17, 15) is 30.1 Å². The molecule has 1 rings (SSSR count). The van der Waals surface area contributed by atoms with Gasteiger partial charge in [0.2, 0.25) is 0 Å². The number of carbonyl (C=O) groups is 1. The number of halogens is 1. The molecule has 0 aromatic heterocycles. The zero-order chi connectivity index (χ0) is 22.1. The lowest BCUT2D eigenvalue weighted by atomic mass is 9.96. The summed E-state index contributed by atoms with van der Waals surface area (Å²) in [7, 11) is 0. The number of aliphatic hydroxyl groups is 4. The van der Waals surface area contributed by atoms with E-state index in [1.54, 1.807) is 13.8 Å². The predicted octanol–water partition coefficient (Wildman–Crippen LogP) is 0.372. The van der Waals surface area contributed by atoms with Crippen LogP contribution in [0.5, 0.6) is 0 Å². The summed E-state index contributed by atoms with van der Waals surface area (Å²) in [6.07, 6.45) is -7.59. The van der Waals surface area contributed by atoms with Crippen LogP contribution in [0.15, 0.2) is 5.29 Å². The number of hydrogen-bond donors (Lipinski definition) is 4. The molecule has 1 saturated heterocycles. The van der Waals surface area contributed by atoms with Crippen LogP contribution in [-0.2, 0) is 9.47 Å². The van der Waals surface area contributed by atoms with Crippen LogP contribution >= 0.6 is 11.6 Å². The zero-order valence-electron chi connectivity index (χ0n) is 16.9. The molecule has 0 saturated carbocycles. The van der Waals surface area contributed by atoms with Crippen molar-refractivity contribution in [3.63, 3.8) is 0 Å². The molecule has 7 atom stereocenters. The highest BCUT2D eigenvalue weighted by Crippen LogP contribution is 2.27. The van der Waals surface area contributed by atoms with Gasteiger partial charge in [0.25, 0.3) is 0 Å². The first-order chi connectivity index (χ1) is 13.7. The third kappa shape index (κ3) is 6.45. The molecule has 0 aromatic carbocycles. The number of unbranched alkanes of at least 4 members (excludes halogenated alkanes) is 1. The third-order valence-electron chi connectivity index (χ3n) is 4.87. The number of hydrogen-bond acceptors (Lipinski definition) is 9. The van der Waals surface area contributed by atoms with E-state index in [4.69, 9.17) is 21.1 Å². The highest BCUT2D eigenvalue weighted by Gasteiger charge is 2.49. The number of aliphatic hydroxyl groups excluding tert-OH is 4. The molecule has 0 aromatic rings. The summed E-state index contributed by atoms with van der Waals surface area (Å²) in [5, 5.41) is 44.7. The largest absolute Gasteiger partial charge is 0.387 e. The number of ether oxygens (including phenoxy) is 2. The number of nitrogens with zero attached hydrogens (tertiary/aromatic N) is 3. The van der Waals surface area contributed by atoms with E-state index in [0.717, 1.165) is 11.3 Å². The Balaban J connectivity index is 3.09. The second-order valence-electron chi connectivity index (χ2n) is 6.92. The maximum Gasteiger partial charge on any atom is 0.345 e. The number of nitroso groups, excluding NO2 is 1. The van der Waals surface area contributed by atoms with Gasteiger partial charge in [0.15, 0.2) is 12.5 Å². The first kappa shape index (κ1) is 26.0. The quantitative estimate of drug-likeness (QED) is 0.118. The molecular formula is C17H32ClN3O8. The highest BCUT2D eigenvalue weighted by molar-refractivity contribution is 6.18. The Kier molecular flexibility index (Phi) is 11.3. The molecular weight excluding hydrogens is 410 g/mol. The van der Waals surface area contributed by atoms with Gasteiger partial charge in [0, 0.05) is 18.5 Å². The Labute approximate surface area is 175 Å². The highest BCUT2D eigenvalue weighted by atomic mass is 35.5. The Morgan fingerprint density at radius 2 is 1.90 bits per heavy atom. The fourth-order valence-corrected chi connectivity index (χ4v) is 3.06. The molecule has 1 fully saturated rings. The summed E-state index contributed by atoms with van der Waals surface area (Å²) in [4.78, 5) is 24.7. The molecule has 1 heterocycles. The third-order valence-corrected chi connectivity index (χ3v) is 5.04. The summed E-state index contributed by atoms with van der Waals surface area (Å²) in [5.41, 5.74) is 0. The Morgan fingerprint density at radius 3 is 2.41 bits per heavy atom. The fraction of sp³-hybridized carbons (Fsp3) is 0.941. The van der Waals surface area contributed by atoms with E-state index in [0.29, 0.717) is 17.9 Å². The first-order valence-corrected chi connectivity index (χ1v) is 10.3. The lowest BCUT2D eigenvalue weighted by molar-refractivity contribution is -0.319. The van der Waals surface area contributed by atoms with Crippen molar-refractivity contribution < 1.29 is 34.7 Å². The standard InChI is InChI=1S/C17H32ClN3O8/c1-4-6-9-28-16-13(24)11(22)12(23)14(29-16)15(25)21(10(3)5-2)17(26)20(19-27)8-7-18/h10-16,22-25H,4-9H2,1-3H3/t10?,11-,12-,13+,14-,15?,16-/m0/s1. The van der Waals surface area contributed by atoms with E-state index in [-0.39, 0.29) is 19.0 Å². The Morgan fingerprint density at radius 1 is 1.24 bits per heavy atom. The van der Waals surface area contributed by atoms with Crippen molar-refractivity contribution in [2.75, 3.05) is 19.0 Å². The topological polar surface area (TPSA) is 152 Å². The lowest BCUT2D eigenvalue weighted by Crippen LogP contribution is -2.66. The second-order valence-corrected chi connectivity index (χ2v) is 7.30. The molecule has 4 N–H and O–H groups in total. The maximum atomic E-state index is 12.8. The summed E-state index contributed by atoms with van der Waals surface area (Å²) < 4.78 is 10.9. The van der Waals surface area contributed by atoms with Gasteiger partial charge in [0.05, 0.1) is 11.8 Å². The second kappa shape index (κ2) is 12.6. The van der Waals surface area contributed by atoms with Crippen LogP contribution in [0, 0.1) is 4.91 Å². The van der Waals surface area contributed by atoms with Crippen LogP contribution in [0.25, 0.3) is 0 Å². The van der Waals surface area contributed by atoms with E-state index in [1.807, 2.05) is 6.92 Å². The van der Waals surface area contributed by atoms with E-state index in [1.165, 1.54) is 0 Å². The molecule has 11 nitrogen and oxygen atoms in total. The molecule has 12 heteroatoms. The molecule has 29 heavy (non-hydrogen) atoms. The SMILES string of the molecule is CCCCO[C@H]1O[C@H](C(O)N(C(=O)N(CCCl)N=O)C(C)CC)[C@@H](O)[C@H](O)[C@H]1O. The van der Waals surface area contributed by atoms with Gasteiger partial charge in [-0.05, 0) is 19.8 Å². The average molecular weight is 442 g/mol. The molecule has 170 valence electrons. The summed E-state index contributed by atoms with van der Waals surface area (Å²) >= 11 is 5.59. The molecule has 1 aliphatic rings. The van der Waals surface area contributed by atoms with Crippen LogP contribution in [0.3, 0.4) is 0 Å². The minimum atomic E-state index is -1.76. The predicted molar refractivity (Wildman–Crippen MR) is 104 cm³/mol. The van der Waals surface area contributed by atoms with E-state index >= 15 is 0 Å². The lowest BCUT2D eigenvalue weighted by Gasteiger charge is -2.45. The minimum absolute atomic E-state index is 0.0529. The van der Waals surface area contributed by atoms with Gasteiger partial charge in [-0.25, -0.2) is 4.79 Å². The molecule has 0 radical (unpaired) electrons. The number of urea groups is 1. The van der Waals surface area contributed by atoms with Crippen LogP contribution in [0.1, 0.15) is 40.0 Å². The fourth-order valence-electron chi connectivity index (χ4n) is 2.90. The normalized spacial score (nSPS) is 29.2. The van der Waals surface area contributed by atoms with Crippen molar-refractivity contribution in [2.24, 2.45) is 5.29 Å². The van der Waals surface area contributed by atoms with Crippen molar-refractivity contribution in [1.29, 1.82) is 0 Å². The van der Waals surface area contributed by atoms with E-state index < -0.39 is 49.0 Å². The smallest absolute Gasteiger partial charge is 0.345 e. The number of amides is 2. The molecule has 0 aliphatic carbocycles. The first-order valence-electron chi connectivity index (χ1n) is 9.73. The minimum Gasteiger partial charge on any atom is -0.387 e. The Hall–Kier alpha value is -1.08. The van der Waals surface area contributed by atoms with Crippen molar-refractivity contribution in [2.45, 2.75) is 83.0 Å². The van der Waals surface area contributed by atoms with E-state index in [2.05, 4.69) is 5.29 Å². The van der Waals surface area contributed by atoms with Gasteiger partial charge in [-0.3, -0.25) is 4.90 Å². The molecule has 1 aliphatic heterocycles. The molecule has 0 spiro atoms. The van der Waals surface area contributed by atoms with Crippen molar-refractivity contribution in [1.82, 2.24) is 9.91 Å². The van der Waals surface area contributed by atoms with Gasteiger partial charge in [-0.2, -0.15) is 5.01 Å². The molecule has 2 unspecified atom stereocenters. The van der Waals surface area contributed by atoms with Gasteiger partial charge in [-0.15, -0.1) is 16.5 Å². The molecule has 0 bridgehead atoms. The maximum absolute atomic E-state index is 12.8. The van der Waals surface area contributed by atoms with Gasteiger partial charge in [-0.1, -0.05) is 20.3 Å². The summed E-state index contributed by atoms with van der Waals surface area (Å²) in [6.45, 7) is 5.37. The van der Waals surface area contributed by atoms with Crippen LogP contribution in [0.2, 0.25) is 0 Å². The Bertz CT molecular complexity index is 517. The monoisotopic (exact) mass is 441 g/mol. The summed E-state index contributed by atoms with van der Waals surface area (Å²) in [5.74, 6) is -0.0529. The zero-order valence-corrected chi connectivity index (χ0v) is 17.7. The number of alkyl halides is 1. The van der Waals surface area contributed by atoms with Crippen LogP contribution in [-0.4, -0.2) is 98.4 Å². The average Bonchev–Trinajstić information content (AvgIpc) is 2.71. The summed E-state index contributed by atoms with van der Waals surface area (Å²) in [6, 6.07) is -1.50. The van der Waals surface area contributed by atoms with Gasteiger partial charge in [0.1, 0.15) is 24.4 Å². The van der Waals surface area contributed by atoms with Crippen LogP contribution in [0.4, 0.5) is 4.79 Å². The van der Waals surface area contributed by atoms with Crippen molar-refractivity contribution in [3.8, 4) is 0 Å². The van der Waals surface area contributed by atoms with Gasteiger partial charge < -0.3 is 29.9 Å². The van der Waals surface area contributed by atoms with Crippen LogP contribution < -0.4 is 0 Å². The molecule has 2 amide bonds.